The average Bonchev–Trinajstić information content (AvgIpc) is 2.48. The Morgan fingerprint density at radius 2 is 2.29 bits per heavy atom. The maximum absolute atomic E-state index is 14.2. The fourth-order valence-corrected chi connectivity index (χ4v) is 2.20. The second-order valence-corrected chi connectivity index (χ2v) is 4.85. The van der Waals surface area contributed by atoms with E-state index in [4.69, 9.17) is 10.1 Å². The van der Waals surface area contributed by atoms with Gasteiger partial charge in [-0.2, -0.15) is 4.39 Å². The van der Waals surface area contributed by atoms with E-state index in [2.05, 4.69) is 17.2 Å². The first-order chi connectivity index (χ1) is 10.1. The molecule has 0 aromatic heterocycles. The molecule has 0 amide bonds. The van der Waals surface area contributed by atoms with E-state index in [1.54, 1.807) is 0 Å². The highest BCUT2D eigenvalue weighted by molar-refractivity contribution is 5.97. The molecule has 3 nitrogen and oxygen atoms in total. The third kappa shape index (κ3) is 4.02. The van der Waals surface area contributed by atoms with Crippen molar-refractivity contribution in [3.05, 3.63) is 29.1 Å². The van der Waals surface area contributed by atoms with Crippen LogP contribution in [0.4, 0.5) is 14.5 Å². The molecule has 2 rings (SSSR count). The Bertz CT molecular complexity index is 584. The van der Waals surface area contributed by atoms with Gasteiger partial charge in [-0.25, -0.2) is 4.39 Å². The van der Waals surface area contributed by atoms with Crippen molar-refractivity contribution >= 4 is 11.7 Å². The summed E-state index contributed by atoms with van der Waals surface area (Å²) < 4.78 is 33.1. The number of hydrogen-bond donors (Lipinski definition) is 2. The minimum absolute atomic E-state index is 0.0311. The zero-order valence-corrected chi connectivity index (χ0v) is 11.9. The SMILES string of the molecule is CCC#Cc1cc(F)c(NC2CCCCO2)c(C(=N)F)c1. The van der Waals surface area contributed by atoms with Gasteiger partial charge < -0.3 is 10.1 Å². The Morgan fingerprint density at radius 3 is 2.90 bits per heavy atom. The molecule has 1 heterocycles. The molecule has 0 saturated carbocycles. The van der Waals surface area contributed by atoms with E-state index in [9.17, 15) is 8.78 Å². The van der Waals surface area contributed by atoms with E-state index in [1.165, 1.54) is 12.1 Å². The second-order valence-electron chi connectivity index (χ2n) is 4.85. The predicted molar refractivity (Wildman–Crippen MR) is 78.7 cm³/mol. The molecule has 0 bridgehead atoms. The molecule has 5 heteroatoms. The van der Waals surface area contributed by atoms with Crippen molar-refractivity contribution in [1.29, 1.82) is 5.41 Å². The van der Waals surface area contributed by atoms with Gasteiger partial charge in [-0.15, -0.1) is 0 Å². The molecule has 0 radical (unpaired) electrons. The van der Waals surface area contributed by atoms with Gasteiger partial charge in [0.05, 0.1) is 11.3 Å². The summed E-state index contributed by atoms with van der Waals surface area (Å²) in [4.78, 5) is 0. The highest BCUT2D eigenvalue weighted by Gasteiger charge is 2.20. The monoisotopic (exact) mass is 292 g/mol. The van der Waals surface area contributed by atoms with Crippen LogP contribution in [0, 0.1) is 23.1 Å². The molecule has 1 aliphatic rings. The lowest BCUT2D eigenvalue weighted by Crippen LogP contribution is -2.28. The van der Waals surface area contributed by atoms with Gasteiger partial charge >= 0.3 is 0 Å². The molecule has 1 aliphatic heterocycles. The van der Waals surface area contributed by atoms with Crippen molar-refractivity contribution in [3.8, 4) is 11.8 Å². The van der Waals surface area contributed by atoms with Crippen LogP contribution in [0.2, 0.25) is 0 Å². The largest absolute Gasteiger partial charge is 0.359 e. The van der Waals surface area contributed by atoms with Crippen molar-refractivity contribution in [2.75, 3.05) is 11.9 Å². The van der Waals surface area contributed by atoms with Crippen LogP contribution in [0.3, 0.4) is 0 Å². The van der Waals surface area contributed by atoms with Crippen LogP contribution in [0.25, 0.3) is 0 Å². The van der Waals surface area contributed by atoms with Gasteiger partial charge in [0.15, 0.2) is 0 Å². The number of halogens is 2. The standard InChI is InChI=1S/C16H18F2N2O/c1-2-3-6-11-9-12(16(18)19)15(13(17)10-11)20-14-7-4-5-8-21-14/h9-10,14,19-20H,2,4-5,7-8H2,1H3. The van der Waals surface area contributed by atoms with E-state index in [1.807, 2.05) is 6.92 Å². The quantitative estimate of drug-likeness (QED) is 0.657. The van der Waals surface area contributed by atoms with E-state index in [-0.39, 0.29) is 17.5 Å². The first-order valence-electron chi connectivity index (χ1n) is 7.06. The minimum atomic E-state index is -1.19. The van der Waals surface area contributed by atoms with Crippen molar-refractivity contribution in [1.82, 2.24) is 0 Å². The number of ether oxygens (including phenoxy) is 1. The average molecular weight is 292 g/mol. The maximum atomic E-state index is 14.2. The van der Waals surface area contributed by atoms with Crippen LogP contribution < -0.4 is 5.32 Å². The molecular weight excluding hydrogens is 274 g/mol. The molecule has 1 atom stereocenters. The Hall–Kier alpha value is -1.93. The fraction of sp³-hybridized carbons (Fsp3) is 0.438. The molecule has 112 valence electrons. The number of anilines is 1. The topological polar surface area (TPSA) is 45.1 Å². The summed E-state index contributed by atoms with van der Waals surface area (Å²) in [5.41, 5.74) is 0.211. The van der Waals surface area contributed by atoms with Crippen LogP contribution in [0.5, 0.6) is 0 Å². The Kier molecular flexibility index (Phi) is 5.29. The summed E-state index contributed by atoms with van der Waals surface area (Å²) in [5.74, 6) is 3.74. The predicted octanol–water partition coefficient (Wildman–Crippen LogP) is 3.82. The maximum Gasteiger partial charge on any atom is 0.215 e. The van der Waals surface area contributed by atoms with Crippen LogP contribution >= 0.6 is 0 Å². The second kappa shape index (κ2) is 7.19. The normalized spacial score (nSPS) is 17.8. The molecule has 0 spiro atoms. The smallest absolute Gasteiger partial charge is 0.215 e. The highest BCUT2D eigenvalue weighted by Crippen LogP contribution is 2.26. The molecule has 0 aliphatic carbocycles. The first-order valence-corrected chi connectivity index (χ1v) is 7.06. The summed E-state index contributed by atoms with van der Waals surface area (Å²) in [5, 5.41) is 10.1. The number of hydrogen-bond acceptors (Lipinski definition) is 3. The summed E-state index contributed by atoms with van der Waals surface area (Å²) >= 11 is 0. The van der Waals surface area contributed by atoms with Crippen LogP contribution in [-0.4, -0.2) is 18.8 Å². The van der Waals surface area contributed by atoms with Gasteiger partial charge in [0, 0.05) is 18.6 Å². The van der Waals surface area contributed by atoms with Crippen molar-refractivity contribution in [3.63, 3.8) is 0 Å². The zero-order chi connectivity index (χ0) is 15.2. The molecule has 21 heavy (non-hydrogen) atoms. The van der Waals surface area contributed by atoms with Gasteiger partial charge in [-0.3, -0.25) is 5.41 Å². The molecule has 1 saturated heterocycles. The van der Waals surface area contributed by atoms with E-state index in [0.29, 0.717) is 18.6 Å². The van der Waals surface area contributed by atoms with Crippen LogP contribution in [0.15, 0.2) is 12.1 Å². The van der Waals surface area contributed by atoms with Gasteiger partial charge in [0.1, 0.15) is 12.0 Å². The number of rotatable bonds is 3. The summed E-state index contributed by atoms with van der Waals surface area (Å²) in [7, 11) is 0. The van der Waals surface area contributed by atoms with E-state index < -0.39 is 11.8 Å². The van der Waals surface area contributed by atoms with Crippen molar-refractivity contribution < 1.29 is 13.5 Å². The molecule has 1 aromatic rings. The fourth-order valence-electron chi connectivity index (χ4n) is 2.20. The van der Waals surface area contributed by atoms with Crippen LogP contribution in [-0.2, 0) is 4.74 Å². The van der Waals surface area contributed by atoms with Crippen molar-refractivity contribution in [2.45, 2.75) is 38.8 Å². The lowest BCUT2D eigenvalue weighted by atomic mass is 10.1. The summed E-state index contributed by atoms with van der Waals surface area (Å²) in [6.07, 6.45) is 2.95. The molecular formula is C16H18F2N2O. The molecule has 2 N–H and O–H groups in total. The third-order valence-corrected chi connectivity index (χ3v) is 3.22. The van der Waals surface area contributed by atoms with E-state index in [0.717, 1.165) is 19.3 Å². The Morgan fingerprint density at radius 1 is 1.48 bits per heavy atom. The number of nitrogens with one attached hydrogen (secondary N) is 2. The Labute approximate surface area is 123 Å². The van der Waals surface area contributed by atoms with Gasteiger partial charge in [-0.05, 0) is 31.4 Å². The van der Waals surface area contributed by atoms with Crippen LogP contribution in [0.1, 0.15) is 43.7 Å². The minimum Gasteiger partial charge on any atom is -0.359 e. The van der Waals surface area contributed by atoms with Gasteiger partial charge in [0.25, 0.3) is 0 Å². The van der Waals surface area contributed by atoms with Gasteiger partial charge in [0.2, 0.25) is 5.97 Å². The number of benzene rings is 1. The highest BCUT2D eigenvalue weighted by atomic mass is 19.1. The zero-order valence-electron chi connectivity index (χ0n) is 11.9. The lowest BCUT2D eigenvalue weighted by molar-refractivity contribution is 0.0341. The lowest BCUT2D eigenvalue weighted by Gasteiger charge is -2.25. The molecule has 1 fully saturated rings. The molecule has 1 unspecified atom stereocenters. The van der Waals surface area contributed by atoms with Gasteiger partial charge in [-0.1, -0.05) is 18.8 Å². The van der Waals surface area contributed by atoms with Crippen molar-refractivity contribution in [2.24, 2.45) is 0 Å². The Balaban J connectivity index is 2.32. The first kappa shape index (κ1) is 15.5. The molecule has 1 aromatic carbocycles. The summed E-state index contributed by atoms with van der Waals surface area (Å²) in [6.45, 7) is 2.47. The van der Waals surface area contributed by atoms with E-state index >= 15 is 0 Å². The third-order valence-electron chi connectivity index (χ3n) is 3.22. The summed E-state index contributed by atoms with van der Waals surface area (Å²) in [6, 6.07) is 2.64.